The second-order valence-corrected chi connectivity index (χ2v) is 8.46. The molecule has 1 aliphatic rings. The zero-order valence-corrected chi connectivity index (χ0v) is 17.9. The second kappa shape index (κ2) is 11.2. The smallest absolute Gasteiger partial charge is 0.164 e. The lowest BCUT2D eigenvalue weighted by Gasteiger charge is -2.13. The first kappa shape index (κ1) is 21.6. The zero-order valence-electron chi connectivity index (χ0n) is 16.4. The molecule has 154 valence electrons. The quantitative estimate of drug-likeness (QED) is 0.401. The largest absolute Gasteiger partial charge is 0.489 e. The Bertz CT molecular complexity index is 766. The number of hydrogen-bond donors (Lipinski definition) is 2. The molecule has 1 aromatic carbocycles. The molecule has 1 fully saturated rings. The first-order chi connectivity index (χ1) is 13.7. The van der Waals surface area contributed by atoms with E-state index in [1.165, 1.54) is 32.1 Å². The minimum Gasteiger partial charge on any atom is -0.489 e. The monoisotopic (exact) mass is 424 g/mol. The van der Waals surface area contributed by atoms with Crippen LogP contribution in [0.1, 0.15) is 57.1 Å². The molecule has 0 unspecified atom stereocenters. The predicted molar refractivity (Wildman–Crippen MR) is 116 cm³/mol. The Hall–Kier alpha value is -1.07. The average Bonchev–Trinajstić information content (AvgIpc) is 3.51. The maximum absolute atomic E-state index is 8.78. The highest BCUT2D eigenvalue weighted by Crippen LogP contribution is 2.39. The summed E-state index contributed by atoms with van der Waals surface area (Å²) in [6.07, 6.45) is 9.31. The van der Waals surface area contributed by atoms with Crippen LogP contribution in [0.15, 0.2) is 18.2 Å². The van der Waals surface area contributed by atoms with E-state index in [4.69, 9.17) is 38.0 Å². The van der Waals surface area contributed by atoms with Crippen molar-refractivity contribution in [1.82, 2.24) is 10.3 Å². The average molecular weight is 425 g/mol. The Kier molecular flexibility index (Phi) is 8.66. The number of fused-ring (bicyclic) bond motifs is 1. The van der Waals surface area contributed by atoms with Crippen LogP contribution in [0.4, 0.5) is 0 Å². The van der Waals surface area contributed by atoms with E-state index >= 15 is 0 Å². The molecule has 1 aliphatic carbocycles. The zero-order chi connectivity index (χ0) is 19.8. The van der Waals surface area contributed by atoms with Crippen molar-refractivity contribution in [1.29, 1.82) is 0 Å². The van der Waals surface area contributed by atoms with Gasteiger partial charge in [-0.1, -0.05) is 48.9 Å². The number of benzene rings is 1. The summed E-state index contributed by atoms with van der Waals surface area (Å²) in [6.45, 7) is 2.69. The number of unbranched alkanes of at least 4 members (excludes halogenated alkanes) is 5. The third-order valence-electron chi connectivity index (χ3n) is 5.12. The van der Waals surface area contributed by atoms with Gasteiger partial charge in [0.25, 0.3) is 0 Å². The van der Waals surface area contributed by atoms with Crippen LogP contribution in [-0.2, 0) is 6.54 Å². The Morgan fingerprint density at radius 3 is 2.54 bits per heavy atom. The number of halogens is 2. The molecule has 2 N–H and O–H groups in total. The van der Waals surface area contributed by atoms with Gasteiger partial charge in [0.1, 0.15) is 5.52 Å². The Balaban J connectivity index is 1.53. The minimum absolute atomic E-state index is 0.310. The van der Waals surface area contributed by atoms with Gasteiger partial charge in [-0.05, 0) is 56.3 Å². The van der Waals surface area contributed by atoms with Crippen LogP contribution in [0.5, 0.6) is 5.75 Å². The number of rotatable bonds is 13. The van der Waals surface area contributed by atoms with Gasteiger partial charge in [-0.2, -0.15) is 0 Å². The van der Waals surface area contributed by atoms with Crippen molar-refractivity contribution < 1.29 is 9.84 Å². The van der Waals surface area contributed by atoms with Gasteiger partial charge in [0.2, 0.25) is 0 Å². The number of nitrogens with zero attached hydrogens (tertiary/aromatic N) is 1. The minimum atomic E-state index is 0.310. The van der Waals surface area contributed by atoms with E-state index in [2.05, 4.69) is 5.32 Å². The van der Waals surface area contributed by atoms with Crippen molar-refractivity contribution in [2.24, 2.45) is 5.92 Å². The summed E-state index contributed by atoms with van der Waals surface area (Å²) < 4.78 is 5.99. The van der Waals surface area contributed by atoms with E-state index in [-0.39, 0.29) is 0 Å². The fourth-order valence-corrected chi connectivity index (χ4v) is 3.81. The van der Waals surface area contributed by atoms with Crippen LogP contribution in [0.3, 0.4) is 0 Å². The maximum atomic E-state index is 8.78. The summed E-state index contributed by atoms with van der Waals surface area (Å²) >= 11 is 12.8. The summed E-state index contributed by atoms with van der Waals surface area (Å²) in [6, 6.07) is 5.76. The molecule has 0 bridgehead atoms. The van der Waals surface area contributed by atoms with E-state index in [0.717, 1.165) is 42.4 Å². The van der Waals surface area contributed by atoms with Crippen molar-refractivity contribution >= 4 is 34.1 Å². The van der Waals surface area contributed by atoms with Crippen molar-refractivity contribution in [2.75, 3.05) is 19.8 Å². The predicted octanol–water partition coefficient (Wildman–Crippen LogP) is 5.75. The summed E-state index contributed by atoms with van der Waals surface area (Å²) in [7, 11) is 0. The molecule has 0 aliphatic heterocycles. The van der Waals surface area contributed by atoms with Crippen LogP contribution < -0.4 is 10.1 Å². The Labute approximate surface area is 177 Å². The summed E-state index contributed by atoms with van der Waals surface area (Å²) in [5.41, 5.74) is 1.71. The highest BCUT2D eigenvalue weighted by molar-refractivity contribution is 6.39. The van der Waals surface area contributed by atoms with E-state index in [1.54, 1.807) is 6.07 Å². The molecule has 1 heterocycles. The highest BCUT2D eigenvalue weighted by atomic mass is 35.5. The second-order valence-electron chi connectivity index (χ2n) is 7.64. The lowest BCUT2D eigenvalue weighted by molar-refractivity contribution is 0.282. The van der Waals surface area contributed by atoms with E-state index in [1.807, 2.05) is 12.1 Å². The standard InChI is InChI=1S/C22H30Cl2N2O2/c23-19-13-20(24)22(28-15-16-7-8-16)21-18(19)10-9-17(26-21)14-25-11-5-3-1-2-4-6-12-27/h9-10,13,16,25,27H,1-8,11-12,14-15H2. The van der Waals surface area contributed by atoms with E-state index in [9.17, 15) is 0 Å². The number of pyridine rings is 1. The highest BCUT2D eigenvalue weighted by Gasteiger charge is 2.23. The molecule has 4 nitrogen and oxygen atoms in total. The third kappa shape index (κ3) is 6.48. The van der Waals surface area contributed by atoms with Gasteiger partial charge in [0, 0.05) is 18.5 Å². The number of aliphatic hydroxyl groups is 1. The molecular weight excluding hydrogens is 395 g/mol. The number of hydrogen-bond acceptors (Lipinski definition) is 4. The van der Waals surface area contributed by atoms with Gasteiger partial charge < -0.3 is 15.2 Å². The first-order valence-electron chi connectivity index (χ1n) is 10.4. The molecule has 1 aromatic heterocycles. The molecular formula is C22H30Cl2N2O2. The molecule has 0 amide bonds. The molecule has 0 radical (unpaired) electrons. The van der Waals surface area contributed by atoms with Gasteiger partial charge in [-0.15, -0.1) is 0 Å². The van der Waals surface area contributed by atoms with Crippen LogP contribution in [0.2, 0.25) is 10.0 Å². The van der Waals surface area contributed by atoms with Crippen LogP contribution >= 0.6 is 23.2 Å². The molecule has 6 heteroatoms. The fourth-order valence-electron chi connectivity index (χ4n) is 3.24. The molecule has 1 saturated carbocycles. The lowest BCUT2D eigenvalue weighted by Crippen LogP contribution is -2.15. The first-order valence-corrected chi connectivity index (χ1v) is 11.2. The third-order valence-corrected chi connectivity index (χ3v) is 5.72. The van der Waals surface area contributed by atoms with Crippen molar-refractivity contribution in [2.45, 2.75) is 57.9 Å². The SMILES string of the molecule is OCCCCCCCCNCc1ccc2c(Cl)cc(Cl)c(OCC3CC3)c2n1. The van der Waals surface area contributed by atoms with Gasteiger partial charge in [0.05, 0.1) is 22.3 Å². The van der Waals surface area contributed by atoms with Crippen LogP contribution in [-0.4, -0.2) is 29.8 Å². The lowest BCUT2D eigenvalue weighted by atomic mass is 10.1. The van der Waals surface area contributed by atoms with Gasteiger partial charge in [-0.3, -0.25) is 0 Å². The molecule has 3 rings (SSSR count). The molecule has 0 saturated heterocycles. The number of aliphatic hydroxyl groups excluding tert-OH is 1. The van der Waals surface area contributed by atoms with Gasteiger partial charge >= 0.3 is 0 Å². The maximum Gasteiger partial charge on any atom is 0.164 e. The van der Waals surface area contributed by atoms with Crippen LogP contribution in [0.25, 0.3) is 10.9 Å². The normalized spacial score (nSPS) is 14.0. The van der Waals surface area contributed by atoms with Crippen molar-refractivity contribution in [3.63, 3.8) is 0 Å². The van der Waals surface area contributed by atoms with Crippen molar-refractivity contribution in [3.8, 4) is 5.75 Å². The van der Waals surface area contributed by atoms with E-state index < -0.39 is 0 Å². The summed E-state index contributed by atoms with van der Waals surface area (Å²) in [5.74, 6) is 1.30. The number of ether oxygens (including phenoxy) is 1. The summed E-state index contributed by atoms with van der Waals surface area (Å²) in [4.78, 5) is 4.78. The topological polar surface area (TPSA) is 54.4 Å². The number of nitrogens with one attached hydrogen (secondary N) is 1. The van der Waals surface area contributed by atoms with E-state index in [0.29, 0.717) is 41.5 Å². The molecule has 0 spiro atoms. The van der Waals surface area contributed by atoms with Gasteiger partial charge in [0.15, 0.2) is 5.75 Å². The molecule has 28 heavy (non-hydrogen) atoms. The Morgan fingerprint density at radius 1 is 1.04 bits per heavy atom. The molecule has 2 aromatic rings. The number of aromatic nitrogens is 1. The van der Waals surface area contributed by atoms with Crippen LogP contribution in [0, 0.1) is 5.92 Å². The van der Waals surface area contributed by atoms with Gasteiger partial charge in [-0.25, -0.2) is 4.98 Å². The summed E-state index contributed by atoms with van der Waals surface area (Å²) in [5, 5.41) is 14.3. The molecule has 0 atom stereocenters. The fraction of sp³-hybridized carbons (Fsp3) is 0.591. The van der Waals surface area contributed by atoms with Crippen molar-refractivity contribution in [3.05, 3.63) is 33.9 Å². The Morgan fingerprint density at radius 2 is 1.79 bits per heavy atom.